The van der Waals surface area contributed by atoms with Crippen molar-refractivity contribution in [3.63, 3.8) is 0 Å². The van der Waals surface area contributed by atoms with Crippen molar-refractivity contribution in [1.29, 1.82) is 0 Å². The van der Waals surface area contributed by atoms with Crippen molar-refractivity contribution in [3.05, 3.63) is 0 Å². The second-order valence-corrected chi connectivity index (χ2v) is 7.07. The normalized spacial score (nSPS) is 14.5. The van der Waals surface area contributed by atoms with Crippen molar-refractivity contribution < 1.29 is 14.1 Å². The average molecular weight is 192 g/mol. The van der Waals surface area contributed by atoms with E-state index in [1.54, 1.807) is 13.3 Å². The molecule has 0 aromatic carbocycles. The lowest BCUT2D eigenvalue weighted by Gasteiger charge is -2.21. The van der Waals surface area contributed by atoms with Gasteiger partial charge in [0, 0.05) is 0 Å². The van der Waals surface area contributed by atoms with Crippen molar-refractivity contribution in [2.24, 2.45) is 5.92 Å². The third-order valence-electron chi connectivity index (χ3n) is 1.74. The highest BCUT2D eigenvalue weighted by atomic mass is 31.2. The van der Waals surface area contributed by atoms with Crippen molar-refractivity contribution in [3.8, 4) is 0 Å². The molecule has 0 saturated carbocycles. The fraction of sp³-hybridized carbons (Fsp3) is 0.875. The summed E-state index contributed by atoms with van der Waals surface area (Å²) in [4.78, 5) is 11.2. The molecule has 0 aliphatic rings. The van der Waals surface area contributed by atoms with Gasteiger partial charge in [-0.25, -0.2) is 0 Å². The van der Waals surface area contributed by atoms with Crippen molar-refractivity contribution in [2.45, 2.75) is 19.5 Å². The van der Waals surface area contributed by atoms with Crippen LogP contribution in [-0.4, -0.2) is 32.1 Å². The predicted molar refractivity (Wildman–Crippen MR) is 50.1 cm³/mol. The second kappa shape index (κ2) is 4.08. The number of hydrogen-bond acceptors (Lipinski definition) is 3. The minimum Gasteiger partial charge on any atom is -0.468 e. The predicted octanol–water partition coefficient (Wildman–Crippen LogP) is 1.81. The SMILES string of the molecule is COC(=O)C(C(C)C)P(C)(C)=O. The van der Waals surface area contributed by atoms with Crippen molar-refractivity contribution in [2.75, 3.05) is 20.4 Å². The summed E-state index contributed by atoms with van der Waals surface area (Å²) in [6.45, 7) is 6.99. The van der Waals surface area contributed by atoms with Crippen LogP contribution in [0.4, 0.5) is 0 Å². The molecular weight excluding hydrogens is 175 g/mol. The zero-order valence-electron chi connectivity index (χ0n) is 8.33. The molecule has 1 atom stereocenters. The number of carbonyl (C=O) groups is 1. The summed E-state index contributed by atoms with van der Waals surface area (Å²) >= 11 is 0. The Bertz CT molecular complexity index is 204. The zero-order valence-corrected chi connectivity index (χ0v) is 9.22. The van der Waals surface area contributed by atoms with Gasteiger partial charge < -0.3 is 9.30 Å². The van der Waals surface area contributed by atoms with E-state index >= 15 is 0 Å². The zero-order chi connectivity index (χ0) is 9.94. The van der Waals surface area contributed by atoms with Crippen LogP contribution in [0.2, 0.25) is 0 Å². The van der Waals surface area contributed by atoms with Crippen LogP contribution in [0.1, 0.15) is 13.8 Å². The summed E-state index contributed by atoms with van der Waals surface area (Å²) in [5.41, 5.74) is -0.456. The van der Waals surface area contributed by atoms with Gasteiger partial charge in [-0.15, -0.1) is 0 Å². The first-order chi connectivity index (χ1) is 5.30. The van der Waals surface area contributed by atoms with Gasteiger partial charge in [0.25, 0.3) is 0 Å². The largest absolute Gasteiger partial charge is 0.468 e. The van der Waals surface area contributed by atoms with Gasteiger partial charge in [0.05, 0.1) is 14.3 Å². The van der Waals surface area contributed by atoms with E-state index in [1.165, 1.54) is 7.11 Å². The van der Waals surface area contributed by atoms with Gasteiger partial charge in [0.2, 0.25) is 0 Å². The Morgan fingerprint density at radius 3 is 1.83 bits per heavy atom. The molecule has 4 heteroatoms. The first-order valence-corrected chi connectivity index (χ1v) is 6.60. The molecule has 0 aromatic rings. The highest BCUT2D eigenvalue weighted by molar-refractivity contribution is 7.64. The Morgan fingerprint density at radius 2 is 1.75 bits per heavy atom. The number of rotatable bonds is 3. The maximum absolute atomic E-state index is 11.7. The lowest BCUT2D eigenvalue weighted by Crippen LogP contribution is -2.27. The molecule has 0 bridgehead atoms. The molecule has 0 aromatic heterocycles. The Balaban J connectivity index is 4.69. The van der Waals surface area contributed by atoms with Crippen LogP contribution < -0.4 is 0 Å². The van der Waals surface area contributed by atoms with Gasteiger partial charge in [-0.2, -0.15) is 0 Å². The molecule has 12 heavy (non-hydrogen) atoms. The summed E-state index contributed by atoms with van der Waals surface area (Å²) in [6, 6.07) is 0. The molecule has 0 amide bonds. The number of ether oxygens (including phenoxy) is 1. The first-order valence-electron chi connectivity index (χ1n) is 3.93. The molecule has 72 valence electrons. The Morgan fingerprint density at radius 1 is 1.33 bits per heavy atom. The molecule has 0 fully saturated rings. The maximum Gasteiger partial charge on any atom is 0.316 e. The molecule has 0 rings (SSSR count). The standard InChI is InChI=1S/C8H17O3P/c1-6(2)7(8(9)11-3)12(4,5)10/h6-7H,1-5H3. The summed E-state index contributed by atoms with van der Waals surface area (Å²) in [7, 11) is -1.05. The van der Waals surface area contributed by atoms with Crippen LogP contribution in [0.3, 0.4) is 0 Å². The van der Waals surface area contributed by atoms with E-state index in [0.29, 0.717) is 0 Å². The van der Waals surface area contributed by atoms with E-state index in [2.05, 4.69) is 4.74 Å². The molecule has 0 radical (unpaired) electrons. The topological polar surface area (TPSA) is 43.4 Å². The average Bonchev–Trinajstić information content (AvgIpc) is 1.83. The molecule has 0 spiro atoms. The molecule has 3 nitrogen and oxygen atoms in total. The number of methoxy groups -OCH3 is 1. The molecule has 0 aliphatic heterocycles. The highest BCUT2D eigenvalue weighted by Gasteiger charge is 2.33. The third-order valence-corrected chi connectivity index (χ3v) is 3.89. The maximum atomic E-state index is 11.7. The molecule has 0 heterocycles. The van der Waals surface area contributed by atoms with E-state index in [9.17, 15) is 9.36 Å². The van der Waals surface area contributed by atoms with Crippen LogP contribution in [-0.2, 0) is 14.1 Å². The summed E-state index contributed by atoms with van der Waals surface area (Å²) in [5, 5.41) is 0. The van der Waals surface area contributed by atoms with Gasteiger partial charge in [-0.3, -0.25) is 4.79 Å². The first kappa shape index (κ1) is 11.7. The third kappa shape index (κ3) is 2.98. The van der Waals surface area contributed by atoms with Crippen LogP contribution >= 0.6 is 7.14 Å². The summed E-state index contributed by atoms with van der Waals surface area (Å²) < 4.78 is 16.2. The monoisotopic (exact) mass is 192 g/mol. The molecule has 1 unspecified atom stereocenters. The van der Waals surface area contributed by atoms with E-state index in [0.717, 1.165) is 0 Å². The van der Waals surface area contributed by atoms with Crippen molar-refractivity contribution >= 4 is 13.1 Å². The Hall–Kier alpha value is -0.300. The number of hydrogen-bond donors (Lipinski definition) is 0. The van der Waals surface area contributed by atoms with E-state index in [-0.39, 0.29) is 11.9 Å². The Kier molecular flexibility index (Phi) is 3.98. The van der Waals surface area contributed by atoms with Gasteiger partial charge in [-0.05, 0) is 19.2 Å². The fourth-order valence-electron chi connectivity index (χ4n) is 1.36. The summed E-state index contributed by atoms with van der Waals surface area (Å²) in [6.07, 6.45) is 0. The highest BCUT2D eigenvalue weighted by Crippen LogP contribution is 2.46. The molecule has 0 saturated heterocycles. The Labute approximate surface area is 73.9 Å². The number of carbonyl (C=O) groups excluding carboxylic acids is 1. The van der Waals surface area contributed by atoms with Gasteiger partial charge in [0.15, 0.2) is 0 Å². The van der Waals surface area contributed by atoms with Crippen LogP contribution in [0.15, 0.2) is 0 Å². The quantitative estimate of drug-likeness (QED) is 0.506. The van der Waals surface area contributed by atoms with Gasteiger partial charge in [0.1, 0.15) is 5.66 Å². The number of esters is 1. The minimum absolute atomic E-state index is 0.0679. The molecule has 0 N–H and O–H groups in total. The van der Waals surface area contributed by atoms with Gasteiger partial charge in [-0.1, -0.05) is 13.8 Å². The van der Waals surface area contributed by atoms with E-state index in [4.69, 9.17) is 0 Å². The minimum atomic E-state index is -2.38. The molecular formula is C8H17O3P. The molecule has 0 aliphatic carbocycles. The fourth-order valence-corrected chi connectivity index (χ4v) is 3.41. The lowest BCUT2D eigenvalue weighted by molar-refractivity contribution is -0.140. The summed E-state index contributed by atoms with van der Waals surface area (Å²) in [5.74, 6) is -0.295. The van der Waals surface area contributed by atoms with E-state index < -0.39 is 12.8 Å². The van der Waals surface area contributed by atoms with Gasteiger partial charge >= 0.3 is 5.97 Å². The van der Waals surface area contributed by atoms with Crippen molar-refractivity contribution in [1.82, 2.24) is 0 Å². The smallest absolute Gasteiger partial charge is 0.316 e. The lowest BCUT2D eigenvalue weighted by atomic mass is 10.1. The van der Waals surface area contributed by atoms with Crippen LogP contribution in [0.5, 0.6) is 0 Å². The second-order valence-electron chi connectivity index (χ2n) is 3.65. The van der Waals surface area contributed by atoms with Crippen LogP contribution in [0.25, 0.3) is 0 Å². The van der Waals surface area contributed by atoms with Crippen LogP contribution in [0, 0.1) is 5.92 Å². The van der Waals surface area contributed by atoms with E-state index in [1.807, 2.05) is 13.8 Å².